The number of hydrogen-bond donors (Lipinski definition) is 3. The zero-order chi connectivity index (χ0) is 14.8. The Kier molecular flexibility index (Phi) is 2.89. The van der Waals surface area contributed by atoms with Crippen LogP contribution in [0.25, 0.3) is 0 Å². The summed E-state index contributed by atoms with van der Waals surface area (Å²) in [4.78, 5) is 0. The molecule has 0 aliphatic heterocycles. The molecule has 0 amide bonds. The van der Waals surface area contributed by atoms with Gasteiger partial charge < -0.3 is 15.3 Å². The van der Waals surface area contributed by atoms with Crippen molar-refractivity contribution < 1.29 is 15.3 Å². The predicted molar refractivity (Wildman–Crippen MR) is 80.1 cm³/mol. The van der Waals surface area contributed by atoms with Crippen LogP contribution >= 0.6 is 0 Å². The summed E-state index contributed by atoms with van der Waals surface area (Å²) in [6, 6.07) is 5.80. The minimum absolute atomic E-state index is 0.116. The number of phenols is 1. The minimum atomic E-state index is -0.565. The molecule has 5 unspecified atom stereocenters. The maximum Gasteiger partial charge on any atom is 0.115 e. The molecule has 6 atom stereocenters. The van der Waals surface area contributed by atoms with Gasteiger partial charge in [0.05, 0.1) is 12.2 Å². The van der Waals surface area contributed by atoms with Gasteiger partial charge in [0, 0.05) is 0 Å². The van der Waals surface area contributed by atoms with Gasteiger partial charge in [-0.1, -0.05) is 13.0 Å². The lowest BCUT2D eigenvalue weighted by atomic mass is 9.55. The van der Waals surface area contributed by atoms with Crippen LogP contribution < -0.4 is 0 Å². The van der Waals surface area contributed by atoms with E-state index >= 15 is 0 Å². The Hall–Kier alpha value is -1.06. The number of phenolic OH excluding ortho intramolecular Hbond substituents is 1. The van der Waals surface area contributed by atoms with Gasteiger partial charge in [0.2, 0.25) is 0 Å². The second-order valence-electron chi connectivity index (χ2n) is 7.59. The van der Waals surface area contributed by atoms with E-state index in [-0.39, 0.29) is 5.41 Å². The molecule has 3 N–H and O–H groups in total. The normalized spacial score (nSPS) is 44.8. The molecule has 1 aromatic carbocycles. The molecule has 0 radical (unpaired) electrons. The first kappa shape index (κ1) is 13.6. The van der Waals surface area contributed by atoms with Crippen molar-refractivity contribution in [2.45, 2.75) is 57.2 Å². The van der Waals surface area contributed by atoms with Gasteiger partial charge in [-0.2, -0.15) is 0 Å². The largest absolute Gasteiger partial charge is 0.508 e. The van der Waals surface area contributed by atoms with E-state index in [0.29, 0.717) is 23.5 Å². The van der Waals surface area contributed by atoms with E-state index in [9.17, 15) is 15.3 Å². The van der Waals surface area contributed by atoms with Gasteiger partial charge in [0.1, 0.15) is 5.75 Å². The van der Waals surface area contributed by atoms with Crippen LogP contribution in [0.2, 0.25) is 0 Å². The molecule has 3 aliphatic rings. The van der Waals surface area contributed by atoms with Crippen LogP contribution in [0.1, 0.15) is 49.7 Å². The Morgan fingerprint density at radius 1 is 1.19 bits per heavy atom. The fourth-order valence-electron chi connectivity index (χ4n) is 5.56. The average Bonchev–Trinajstić information content (AvgIpc) is 2.70. The van der Waals surface area contributed by atoms with E-state index in [1.807, 2.05) is 6.07 Å². The molecule has 0 saturated heterocycles. The monoisotopic (exact) mass is 288 g/mol. The van der Waals surface area contributed by atoms with E-state index < -0.39 is 12.2 Å². The standard InChI is InChI=1S/C18H24O3/c1-18-7-6-13-12-5-3-11(19)8-10(12)2-4-14(13)15(18)9-16(20)17(18)21/h3,5,8,13-17,19-21H,2,4,6-7,9H2,1H3/t13?,14?,15?,16?,17?,18-/m0/s1. The molecule has 3 heteroatoms. The number of fused-ring (bicyclic) bond motifs is 5. The zero-order valence-corrected chi connectivity index (χ0v) is 12.5. The smallest absolute Gasteiger partial charge is 0.115 e. The van der Waals surface area contributed by atoms with Crippen LogP contribution in [0, 0.1) is 17.3 Å². The minimum Gasteiger partial charge on any atom is -0.508 e. The molecule has 114 valence electrons. The molecular formula is C18H24O3. The molecule has 2 saturated carbocycles. The number of aromatic hydroxyl groups is 1. The van der Waals surface area contributed by atoms with E-state index in [1.54, 1.807) is 6.07 Å². The zero-order valence-electron chi connectivity index (χ0n) is 12.5. The van der Waals surface area contributed by atoms with Gasteiger partial charge in [-0.3, -0.25) is 0 Å². The summed E-state index contributed by atoms with van der Waals surface area (Å²) in [6.07, 6.45) is 3.80. The lowest BCUT2D eigenvalue weighted by Gasteiger charge is -2.49. The summed E-state index contributed by atoms with van der Waals surface area (Å²) in [5, 5.41) is 30.2. The fourth-order valence-corrected chi connectivity index (χ4v) is 5.56. The van der Waals surface area contributed by atoms with E-state index in [0.717, 1.165) is 32.1 Å². The highest BCUT2D eigenvalue weighted by molar-refractivity contribution is 5.40. The maximum absolute atomic E-state index is 10.4. The Labute approximate surface area is 125 Å². The molecule has 1 aromatic rings. The third-order valence-corrected chi connectivity index (χ3v) is 6.68. The van der Waals surface area contributed by atoms with Crippen LogP contribution in [0.4, 0.5) is 0 Å². The van der Waals surface area contributed by atoms with Gasteiger partial charge >= 0.3 is 0 Å². The second kappa shape index (κ2) is 4.47. The quantitative estimate of drug-likeness (QED) is 0.687. The Morgan fingerprint density at radius 2 is 2.00 bits per heavy atom. The molecule has 3 nitrogen and oxygen atoms in total. The van der Waals surface area contributed by atoms with Crippen LogP contribution in [0.15, 0.2) is 18.2 Å². The summed E-state index contributed by atoms with van der Waals surface area (Å²) in [5.41, 5.74) is 2.57. The van der Waals surface area contributed by atoms with Crippen molar-refractivity contribution in [1.82, 2.24) is 0 Å². The topological polar surface area (TPSA) is 60.7 Å². The number of aliphatic hydroxyl groups is 2. The van der Waals surface area contributed by atoms with Crippen molar-refractivity contribution in [1.29, 1.82) is 0 Å². The van der Waals surface area contributed by atoms with Gasteiger partial charge in [-0.25, -0.2) is 0 Å². The molecule has 0 heterocycles. The van der Waals surface area contributed by atoms with Crippen molar-refractivity contribution in [2.24, 2.45) is 17.3 Å². The number of rotatable bonds is 0. The van der Waals surface area contributed by atoms with E-state index in [1.165, 1.54) is 11.1 Å². The summed E-state index contributed by atoms with van der Waals surface area (Å²) < 4.78 is 0. The van der Waals surface area contributed by atoms with Gasteiger partial charge in [0.25, 0.3) is 0 Å². The summed E-state index contributed by atoms with van der Waals surface area (Å²) >= 11 is 0. The number of aliphatic hydroxyl groups excluding tert-OH is 2. The molecule has 0 bridgehead atoms. The van der Waals surface area contributed by atoms with Crippen molar-refractivity contribution in [3.63, 3.8) is 0 Å². The van der Waals surface area contributed by atoms with Crippen LogP contribution in [0.5, 0.6) is 5.75 Å². The lowest BCUT2D eigenvalue weighted by molar-refractivity contribution is -0.0505. The summed E-state index contributed by atoms with van der Waals surface area (Å²) in [5.74, 6) is 1.88. The first-order valence-corrected chi connectivity index (χ1v) is 8.18. The van der Waals surface area contributed by atoms with Crippen LogP contribution in [-0.4, -0.2) is 27.5 Å². The number of aryl methyl sites for hydroxylation is 1. The highest BCUT2D eigenvalue weighted by Gasteiger charge is 2.57. The van der Waals surface area contributed by atoms with Crippen molar-refractivity contribution >= 4 is 0 Å². The Balaban J connectivity index is 1.71. The molecule has 3 aliphatic carbocycles. The fraction of sp³-hybridized carbons (Fsp3) is 0.667. The summed E-state index contributed by atoms with van der Waals surface area (Å²) in [7, 11) is 0. The molecule has 0 spiro atoms. The number of benzene rings is 1. The highest BCUT2D eigenvalue weighted by Crippen LogP contribution is 2.60. The number of hydrogen-bond acceptors (Lipinski definition) is 3. The maximum atomic E-state index is 10.4. The van der Waals surface area contributed by atoms with Crippen molar-refractivity contribution in [3.05, 3.63) is 29.3 Å². The summed E-state index contributed by atoms with van der Waals surface area (Å²) in [6.45, 7) is 2.17. The molecule has 4 rings (SSSR count). The SMILES string of the molecule is C[C@]12CCC3c4ccc(O)cc4CCC3C1CC(O)C2O. The highest BCUT2D eigenvalue weighted by atomic mass is 16.3. The third-order valence-electron chi connectivity index (χ3n) is 6.68. The molecule has 21 heavy (non-hydrogen) atoms. The van der Waals surface area contributed by atoms with E-state index in [2.05, 4.69) is 13.0 Å². The molecule has 0 aromatic heterocycles. The van der Waals surface area contributed by atoms with Crippen molar-refractivity contribution in [3.8, 4) is 5.75 Å². The van der Waals surface area contributed by atoms with Gasteiger partial charge in [-0.15, -0.1) is 0 Å². The Morgan fingerprint density at radius 3 is 2.81 bits per heavy atom. The van der Waals surface area contributed by atoms with E-state index in [4.69, 9.17) is 0 Å². The second-order valence-corrected chi connectivity index (χ2v) is 7.59. The third kappa shape index (κ3) is 1.80. The van der Waals surface area contributed by atoms with Crippen LogP contribution in [0.3, 0.4) is 0 Å². The lowest BCUT2D eigenvalue weighted by Crippen LogP contribution is -2.44. The molecule has 2 fully saturated rings. The first-order chi connectivity index (χ1) is 10.0. The molecular weight excluding hydrogens is 264 g/mol. The van der Waals surface area contributed by atoms with Gasteiger partial charge in [-0.05, 0) is 78.5 Å². The first-order valence-electron chi connectivity index (χ1n) is 8.18. The Bertz CT molecular complexity index is 570. The average molecular weight is 288 g/mol. The predicted octanol–water partition coefficient (Wildman–Crippen LogP) is 2.58. The van der Waals surface area contributed by atoms with Crippen LogP contribution in [-0.2, 0) is 6.42 Å². The van der Waals surface area contributed by atoms with Crippen molar-refractivity contribution in [2.75, 3.05) is 0 Å². The van der Waals surface area contributed by atoms with Gasteiger partial charge in [0.15, 0.2) is 0 Å².